The zero-order valence-electron chi connectivity index (χ0n) is 13.4. The van der Waals surface area contributed by atoms with E-state index in [1.807, 2.05) is 0 Å². The van der Waals surface area contributed by atoms with Gasteiger partial charge in [-0.3, -0.25) is 4.79 Å². The van der Waals surface area contributed by atoms with E-state index in [0.717, 1.165) is 29.5 Å². The zero-order chi connectivity index (χ0) is 18.8. The fourth-order valence-corrected chi connectivity index (χ4v) is 4.18. The molecule has 25 heavy (non-hydrogen) atoms. The van der Waals surface area contributed by atoms with Crippen molar-refractivity contribution in [2.24, 2.45) is 0 Å². The number of rotatable bonds is 5. The lowest BCUT2D eigenvalue weighted by Crippen LogP contribution is -2.43. The fourth-order valence-electron chi connectivity index (χ4n) is 2.90. The summed E-state index contributed by atoms with van der Waals surface area (Å²) >= 11 is 5.59. The van der Waals surface area contributed by atoms with Gasteiger partial charge in [0.25, 0.3) is 0 Å². The number of nitrogens with one attached hydrogen (secondary N) is 1. The van der Waals surface area contributed by atoms with E-state index in [-0.39, 0.29) is 11.1 Å². The van der Waals surface area contributed by atoms with E-state index in [1.54, 1.807) is 0 Å². The first kappa shape index (κ1) is 20.0. The van der Waals surface area contributed by atoms with Crippen molar-refractivity contribution in [1.82, 2.24) is 4.31 Å². The predicted octanol–water partition coefficient (Wildman–Crippen LogP) is 3.50. The second kappa shape index (κ2) is 7.51. The highest BCUT2D eigenvalue weighted by Crippen LogP contribution is 2.36. The van der Waals surface area contributed by atoms with Crippen molar-refractivity contribution in [3.63, 3.8) is 0 Å². The number of anilines is 1. The monoisotopic (exact) mass is 398 g/mol. The summed E-state index contributed by atoms with van der Waals surface area (Å²) in [6.45, 7) is -0.524. The second-order valence-electron chi connectivity index (χ2n) is 5.98. The molecule has 0 spiro atoms. The fraction of sp³-hybridized carbons (Fsp3) is 0.533. The van der Waals surface area contributed by atoms with E-state index in [0.29, 0.717) is 18.9 Å². The summed E-state index contributed by atoms with van der Waals surface area (Å²) in [5.74, 6) is -0.829. The largest absolute Gasteiger partial charge is 0.418 e. The van der Waals surface area contributed by atoms with Crippen LogP contribution in [0.2, 0.25) is 5.02 Å². The Bertz CT molecular complexity index is 747. The molecule has 1 aliphatic carbocycles. The third-order valence-corrected chi connectivity index (χ3v) is 5.53. The number of hydrogen-bond donors (Lipinski definition) is 1. The number of hydrogen-bond acceptors (Lipinski definition) is 3. The molecule has 5 nitrogen and oxygen atoms in total. The molecule has 10 heteroatoms. The Hall–Kier alpha value is -1.32. The number of alkyl halides is 3. The summed E-state index contributed by atoms with van der Waals surface area (Å²) in [6.07, 6.45) is -0.733. The van der Waals surface area contributed by atoms with Gasteiger partial charge in [0.2, 0.25) is 15.9 Å². The average molecular weight is 399 g/mol. The van der Waals surface area contributed by atoms with Crippen LogP contribution < -0.4 is 5.32 Å². The van der Waals surface area contributed by atoms with E-state index in [9.17, 15) is 26.4 Å². The van der Waals surface area contributed by atoms with Crippen LogP contribution in [0.3, 0.4) is 0 Å². The van der Waals surface area contributed by atoms with Gasteiger partial charge in [0.1, 0.15) is 0 Å². The lowest BCUT2D eigenvalue weighted by Gasteiger charge is -2.26. The Morgan fingerprint density at radius 2 is 1.92 bits per heavy atom. The molecule has 0 atom stereocenters. The Morgan fingerprint density at radius 3 is 2.44 bits per heavy atom. The molecule has 0 radical (unpaired) electrons. The van der Waals surface area contributed by atoms with Gasteiger partial charge in [-0.25, -0.2) is 8.42 Å². The van der Waals surface area contributed by atoms with Crippen LogP contribution in [0, 0.1) is 0 Å². The van der Waals surface area contributed by atoms with Crippen LogP contribution in [0.25, 0.3) is 0 Å². The van der Waals surface area contributed by atoms with E-state index < -0.39 is 39.9 Å². The summed E-state index contributed by atoms with van der Waals surface area (Å²) in [5.41, 5.74) is -1.54. The molecule has 0 aliphatic heterocycles. The van der Waals surface area contributed by atoms with Crippen molar-refractivity contribution in [3.05, 3.63) is 28.8 Å². The first-order chi connectivity index (χ1) is 11.5. The summed E-state index contributed by atoms with van der Waals surface area (Å²) in [4.78, 5) is 12.2. The Balaban J connectivity index is 2.19. The van der Waals surface area contributed by atoms with Crippen LogP contribution in [0.15, 0.2) is 18.2 Å². The molecule has 0 heterocycles. The van der Waals surface area contributed by atoms with Gasteiger partial charge in [-0.05, 0) is 31.0 Å². The number of nitrogens with zero attached hydrogens (tertiary/aromatic N) is 1. The molecule has 1 fully saturated rings. The van der Waals surface area contributed by atoms with Crippen LogP contribution in [0.5, 0.6) is 0 Å². The minimum absolute atomic E-state index is 0.117. The molecule has 0 aromatic heterocycles. The van der Waals surface area contributed by atoms with Gasteiger partial charge >= 0.3 is 6.18 Å². The van der Waals surface area contributed by atoms with Crippen LogP contribution in [0.1, 0.15) is 31.2 Å². The number of amides is 1. The summed E-state index contributed by atoms with van der Waals surface area (Å²) in [5, 5.41) is 2.03. The molecule has 0 bridgehead atoms. The lowest BCUT2D eigenvalue weighted by atomic mass is 10.1. The van der Waals surface area contributed by atoms with Gasteiger partial charge in [-0.2, -0.15) is 17.5 Å². The van der Waals surface area contributed by atoms with Crippen LogP contribution in [-0.4, -0.2) is 37.5 Å². The van der Waals surface area contributed by atoms with Crippen molar-refractivity contribution in [2.75, 3.05) is 18.1 Å². The molecule has 1 aromatic rings. The van der Waals surface area contributed by atoms with Crippen molar-refractivity contribution in [3.8, 4) is 0 Å². The van der Waals surface area contributed by atoms with E-state index in [2.05, 4.69) is 5.32 Å². The molecule has 2 rings (SSSR count). The van der Waals surface area contributed by atoms with Crippen molar-refractivity contribution in [2.45, 2.75) is 37.9 Å². The SMILES string of the molecule is CS(=O)(=O)N(CC(=O)Nc1ccc(Cl)cc1C(F)(F)F)C1CCCC1. The quantitative estimate of drug-likeness (QED) is 0.825. The van der Waals surface area contributed by atoms with Crippen molar-refractivity contribution in [1.29, 1.82) is 0 Å². The standard InChI is InChI=1S/C15H18ClF3N2O3S/c1-25(23,24)21(11-4-2-3-5-11)9-14(22)20-13-7-6-10(16)8-12(13)15(17,18)19/h6-8,11H,2-5,9H2,1H3,(H,20,22). The van der Waals surface area contributed by atoms with Crippen LogP contribution in [0.4, 0.5) is 18.9 Å². The molecule has 1 N–H and O–H groups in total. The average Bonchev–Trinajstić information content (AvgIpc) is 2.98. The van der Waals surface area contributed by atoms with Crippen LogP contribution >= 0.6 is 11.6 Å². The third kappa shape index (κ3) is 5.32. The first-order valence-corrected chi connectivity index (χ1v) is 9.84. The van der Waals surface area contributed by atoms with Gasteiger partial charge in [0.05, 0.1) is 24.1 Å². The Labute approximate surface area is 149 Å². The number of halogens is 4. The summed E-state index contributed by atoms with van der Waals surface area (Å²) in [6, 6.07) is 2.68. The lowest BCUT2D eigenvalue weighted by molar-refractivity contribution is -0.137. The van der Waals surface area contributed by atoms with E-state index in [4.69, 9.17) is 11.6 Å². The Kier molecular flexibility index (Phi) is 6.01. The number of carbonyl (C=O) groups excluding carboxylic acids is 1. The van der Waals surface area contributed by atoms with E-state index in [1.165, 1.54) is 6.07 Å². The molecule has 140 valence electrons. The maximum absolute atomic E-state index is 13.1. The summed E-state index contributed by atoms with van der Waals surface area (Å²) in [7, 11) is -3.65. The van der Waals surface area contributed by atoms with Gasteiger partial charge in [-0.1, -0.05) is 24.4 Å². The molecular weight excluding hydrogens is 381 g/mol. The van der Waals surface area contributed by atoms with Gasteiger partial charge in [0.15, 0.2) is 0 Å². The second-order valence-corrected chi connectivity index (χ2v) is 8.35. The van der Waals surface area contributed by atoms with Gasteiger partial charge in [-0.15, -0.1) is 0 Å². The summed E-state index contributed by atoms with van der Waals surface area (Å²) < 4.78 is 64.1. The minimum atomic E-state index is -4.70. The molecular formula is C15H18ClF3N2O3S. The highest BCUT2D eigenvalue weighted by atomic mass is 35.5. The van der Waals surface area contributed by atoms with Gasteiger partial charge in [0, 0.05) is 11.1 Å². The maximum Gasteiger partial charge on any atom is 0.418 e. The molecule has 1 amide bonds. The normalized spacial score (nSPS) is 16.4. The molecule has 0 unspecified atom stereocenters. The van der Waals surface area contributed by atoms with Crippen molar-refractivity contribution < 1.29 is 26.4 Å². The molecule has 1 aromatic carbocycles. The molecule has 0 saturated heterocycles. The smallest absolute Gasteiger partial charge is 0.324 e. The Morgan fingerprint density at radius 1 is 1.32 bits per heavy atom. The van der Waals surface area contributed by atoms with Crippen molar-refractivity contribution >= 4 is 33.2 Å². The molecule has 1 aliphatic rings. The van der Waals surface area contributed by atoms with Gasteiger partial charge < -0.3 is 5.32 Å². The number of benzene rings is 1. The topological polar surface area (TPSA) is 66.5 Å². The maximum atomic E-state index is 13.1. The van der Waals surface area contributed by atoms with Crippen LogP contribution in [-0.2, 0) is 21.0 Å². The highest BCUT2D eigenvalue weighted by Gasteiger charge is 2.35. The predicted molar refractivity (Wildman–Crippen MR) is 88.9 cm³/mol. The first-order valence-electron chi connectivity index (χ1n) is 7.62. The highest BCUT2D eigenvalue weighted by molar-refractivity contribution is 7.88. The number of sulfonamides is 1. The molecule has 1 saturated carbocycles. The van der Waals surface area contributed by atoms with E-state index >= 15 is 0 Å². The number of carbonyl (C=O) groups is 1. The third-order valence-electron chi connectivity index (χ3n) is 4.02. The zero-order valence-corrected chi connectivity index (χ0v) is 15.0. The minimum Gasteiger partial charge on any atom is -0.324 e.